The Balaban J connectivity index is 2.21. The maximum Gasteiger partial charge on any atom is 0.647 e. The van der Waals surface area contributed by atoms with Gasteiger partial charge >= 0.3 is 7.82 Å². The highest BCUT2D eigenvalue weighted by atomic mass is 31.2. The van der Waals surface area contributed by atoms with E-state index in [2.05, 4.69) is 0 Å². The Morgan fingerprint density at radius 3 is 0.943 bits per heavy atom. The molecule has 3 rings (SSSR count). The Morgan fingerprint density at radius 2 is 0.714 bits per heavy atom. The Morgan fingerprint density at radius 1 is 0.486 bits per heavy atom. The minimum atomic E-state index is -5.21. The number of aryl methyl sites for hydroxylation is 3. The highest BCUT2D eigenvalue weighted by Crippen LogP contribution is 2.60. The first-order valence-electron chi connectivity index (χ1n) is 9.59. The van der Waals surface area contributed by atoms with Gasteiger partial charge in [0.2, 0.25) is 34.5 Å². The Labute approximate surface area is 197 Å². The molecule has 9 N–H and O–H groups in total. The van der Waals surface area contributed by atoms with Crippen molar-refractivity contribution in [3.63, 3.8) is 0 Å². The first-order valence-corrected chi connectivity index (χ1v) is 11.0. The summed E-state index contributed by atoms with van der Waals surface area (Å²) in [6.45, 7) is 3.84. The molecule has 13 nitrogen and oxygen atoms in total. The standard InChI is InChI=1S/C21H21O13P/c1-7-4-10(22)13(25)16(28)19(7)32-35(31,33-20-8(2)5-11(23)14(26)17(20)29)34-21-9(3)6-12(24)15(27)18(21)30/h4-6,22-30H,1-3H3. The topological polar surface area (TPSA) is 227 Å². The maximum absolute atomic E-state index is 13.8. The van der Waals surface area contributed by atoms with Crippen molar-refractivity contribution in [2.45, 2.75) is 20.8 Å². The predicted octanol–water partition coefficient (Wildman–Crippen LogP) is 3.61. The highest BCUT2D eigenvalue weighted by Gasteiger charge is 2.39. The molecule has 0 heterocycles. The maximum atomic E-state index is 13.8. The molecule has 0 unspecified atom stereocenters. The lowest BCUT2D eigenvalue weighted by molar-refractivity contribution is 0.271. The second kappa shape index (κ2) is 8.69. The molecule has 0 saturated carbocycles. The molecule has 0 aliphatic heterocycles. The number of phosphoric acid groups is 1. The van der Waals surface area contributed by atoms with Gasteiger partial charge in [-0.05, 0) is 55.7 Å². The average molecular weight is 512 g/mol. The van der Waals surface area contributed by atoms with Crippen LogP contribution in [0.2, 0.25) is 0 Å². The monoisotopic (exact) mass is 512 g/mol. The minimum absolute atomic E-state index is 0.0748. The second-order valence-electron chi connectivity index (χ2n) is 7.44. The fourth-order valence-electron chi connectivity index (χ4n) is 3.00. The Bertz CT molecular complexity index is 1220. The number of hydrogen-bond acceptors (Lipinski definition) is 13. The number of benzene rings is 3. The third kappa shape index (κ3) is 4.49. The first kappa shape index (κ1) is 25.1. The van der Waals surface area contributed by atoms with E-state index in [0.29, 0.717) is 0 Å². The van der Waals surface area contributed by atoms with E-state index in [1.165, 1.54) is 20.8 Å². The van der Waals surface area contributed by atoms with Crippen molar-refractivity contribution >= 4 is 7.82 Å². The van der Waals surface area contributed by atoms with Crippen LogP contribution in [0, 0.1) is 20.8 Å². The summed E-state index contributed by atoms with van der Waals surface area (Å²) in [5.41, 5.74) is -0.224. The van der Waals surface area contributed by atoms with Crippen molar-refractivity contribution in [3.05, 3.63) is 34.9 Å². The summed E-state index contributed by atoms with van der Waals surface area (Å²) in [5, 5.41) is 89.2. The fourth-order valence-corrected chi connectivity index (χ4v) is 4.47. The van der Waals surface area contributed by atoms with E-state index in [1.807, 2.05) is 0 Å². The second-order valence-corrected chi connectivity index (χ2v) is 8.88. The lowest BCUT2D eigenvalue weighted by Gasteiger charge is -2.23. The van der Waals surface area contributed by atoms with Crippen molar-refractivity contribution in [1.82, 2.24) is 0 Å². The molecule has 0 spiro atoms. The summed E-state index contributed by atoms with van der Waals surface area (Å²) in [7, 11) is -5.21. The third-order valence-electron chi connectivity index (χ3n) is 4.79. The third-order valence-corrected chi connectivity index (χ3v) is 6.01. The van der Waals surface area contributed by atoms with Gasteiger partial charge in [-0.1, -0.05) is 0 Å². The van der Waals surface area contributed by atoms with E-state index >= 15 is 0 Å². The zero-order valence-corrected chi connectivity index (χ0v) is 19.2. The van der Waals surface area contributed by atoms with E-state index < -0.39 is 76.8 Å². The molecule has 35 heavy (non-hydrogen) atoms. The van der Waals surface area contributed by atoms with E-state index in [9.17, 15) is 50.5 Å². The predicted molar refractivity (Wildman–Crippen MR) is 118 cm³/mol. The van der Waals surface area contributed by atoms with Gasteiger partial charge in [0.25, 0.3) is 0 Å². The molecule has 0 bridgehead atoms. The molecule has 0 aliphatic carbocycles. The quantitative estimate of drug-likeness (QED) is 0.170. The van der Waals surface area contributed by atoms with E-state index in [1.54, 1.807) is 0 Å². The van der Waals surface area contributed by atoms with Gasteiger partial charge in [0.15, 0.2) is 34.5 Å². The minimum Gasteiger partial charge on any atom is -0.504 e. The first-order chi connectivity index (χ1) is 16.2. The van der Waals surface area contributed by atoms with Crippen LogP contribution in [0.3, 0.4) is 0 Å². The SMILES string of the molecule is Cc1cc(O)c(O)c(O)c1OP(=O)(Oc1c(C)cc(O)c(O)c1O)Oc1c(C)cc(O)c(O)c1O. The molecular formula is C21H21O13P. The van der Waals surface area contributed by atoms with Crippen molar-refractivity contribution in [3.8, 4) is 69.0 Å². The summed E-state index contributed by atoms with van der Waals surface area (Å²) >= 11 is 0. The summed E-state index contributed by atoms with van der Waals surface area (Å²) < 4.78 is 29.5. The molecule has 0 saturated heterocycles. The van der Waals surface area contributed by atoms with Crippen molar-refractivity contribution in [2.75, 3.05) is 0 Å². The van der Waals surface area contributed by atoms with Gasteiger partial charge in [-0.3, -0.25) is 0 Å². The van der Waals surface area contributed by atoms with Gasteiger partial charge in [-0.25, -0.2) is 0 Å². The van der Waals surface area contributed by atoms with Crippen molar-refractivity contribution < 1.29 is 64.1 Å². The van der Waals surface area contributed by atoms with Crippen LogP contribution >= 0.6 is 7.82 Å². The van der Waals surface area contributed by atoms with Crippen LogP contribution in [0.4, 0.5) is 0 Å². The number of phosphoric ester groups is 1. The molecule has 3 aromatic rings. The van der Waals surface area contributed by atoms with Crippen LogP contribution in [0.5, 0.6) is 69.0 Å². The van der Waals surface area contributed by atoms with Gasteiger partial charge < -0.3 is 59.5 Å². The van der Waals surface area contributed by atoms with Gasteiger partial charge in [-0.2, -0.15) is 4.57 Å². The van der Waals surface area contributed by atoms with Crippen LogP contribution in [-0.2, 0) is 4.57 Å². The number of hydrogen-bond donors (Lipinski definition) is 9. The molecule has 0 aliphatic rings. The largest absolute Gasteiger partial charge is 0.647 e. The number of phenols is 9. The Kier molecular flexibility index (Phi) is 6.24. The molecule has 0 aromatic heterocycles. The van der Waals surface area contributed by atoms with Crippen LogP contribution in [0.15, 0.2) is 18.2 Å². The highest BCUT2D eigenvalue weighted by molar-refractivity contribution is 7.49. The van der Waals surface area contributed by atoms with Crippen molar-refractivity contribution in [1.29, 1.82) is 0 Å². The van der Waals surface area contributed by atoms with Crippen LogP contribution in [-0.4, -0.2) is 46.0 Å². The zero-order valence-electron chi connectivity index (χ0n) is 18.3. The van der Waals surface area contributed by atoms with E-state index in [4.69, 9.17) is 13.6 Å². The molecule has 0 amide bonds. The number of phenolic OH excluding ortho intramolecular Hbond substituents is 9. The van der Waals surface area contributed by atoms with Crippen LogP contribution in [0.1, 0.15) is 16.7 Å². The number of aromatic hydroxyl groups is 9. The average Bonchev–Trinajstić information content (AvgIpc) is 2.78. The zero-order chi connectivity index (χ0) is 26.4. The molecule has 14 heteroatoms. The Hall–Kier alpha value is -4.51. The molecule has 188 valence electrons. The molecular weight excluding hydrogens is 491 g/mol. The van der Waals surface area contributed by atoms with Crippen LogP contribution < -0.4 is 13.6 Å². The lowest BCUT2D eigenvalue weighted by Crippen LogP contribution is -2.10. The molecule has 0 fully saturated rings. The normalized spacial score (nSPS) is 11.3. The summed E-state index contributed by atoms with van der Waals surface area (Å²) in [6, 6.07) is 2.83. The summed E-state index contributed by atoms with van der Waals surface area (Å²) in [5.74, 6) is -10.7. The van der Waals surface area contributed by atoms with Gasteiger partial charge in [0.1, 0.15) is 0 Å². The summed E-state index contributed by atoms with van der Waals surface area (Å²) in [6.07, 6.45) is 0. The fraction of sp³-hybridized carbons (Fsp3) is 0.143. The molecule has 3 aromatic carbocycles. The number of rotatable bonds is 6. The lowest BCUT2D eigenvalue weighted by atomic mass is 10.2. The molecule has 0 atom stereocenters. The van der Waals surface area contributed by atoms with E-state index in [0.717, 1.165) is 18.2 Å². The van der Waals surface area contributed by atoms with Gasteiger partial charge in [0.05, 0.1) is 0 Å². The summed E-state index contributed by atoms with van der Waals surface area (Å²) in [4.78, 5) is 0. The van der Waals surface area contributed by atoms with Gasteiger partial charge in [-0.15, -0.1) is 0 Å². The van der Waals surface area contributed by atoms with Crippen molar-refractivity contribution in [2.24, 2.45) is 0 Å². The van der Waals surface area contributed by atoms with Crippen LogP contribution in [0.25, 0.3) is 0 Å². The smallest absolute Gasteiger partial charge is 0.504 e. The molecule has 0 radical (unpaired) electrons. The van der Waals surface area contributed by atoms with E-state index in [-0.39, 0.29) is 16.7 Å². The van der Waals surface area contributed by atoms with Gasteiger partial charge in [0, 0.05) is 0 Å².